The maximum atomic E-state index is 8.76. The van der Waals surface area contributed by atoms with Crippen LogP contribution >= 0.6 is 0 Å². The molecule has 1 aromatic heterocycles. The Morgan fingerprint density at radius 2 is 2.58 bits per heavy atom. The number of aliphatic hydroxyl groups excluding tert-OH is 1. The van der Waals surface area contributed by atoms with Crippen molar-refractivity contribution in [3.05, 3.63) is 17.8 Å². The molecule has 2 rings (SSSR count). The number of aliphatic imine (C=N–C) groups is 1. The minimum atomic E-state index is 0.167. The van der Waals surface area contributed by atoms with Gasteiger partial charge in [0.2, 0.25) is 0 Å². The molecule has 0 fully saturated rings. The number of aliphatic hydroxyl groups is 1. The fourth-order valence-electron chi connectivity index (χ4n) is 1.37. The van der Waals surface area contributed by atoms with E-state index in [4.69, 9.17) is 5.11 Å². The Hall–Kier alpha value is -1.29. The lowest BCUT2D eigenvalue weighted by molar-refractivity contribution is 0.277. The first kappa shape index (κ1) is 7.36. The van der Waals surface area contributed by atoms with Crippen LogP contribution in [0, 0.1) is 0 Å². The van der Waals surface area contributed by atoms with Crippen molar-refractivity contribution in [1.29, 1.82) is 0 Å². The molecule has 0 radical (unpaired) electrons. The molecular formula is C8H11N3O. The van der Waals surface area contributed by atoms with Crippen molar-refractivity contribution in [1.82, 2.24) is 4.57 Å². The molecule has 0 spiro atoms. The summed E-state index contributed by atoms with van der Waals surface area (Å²) in [5, 5.41) is 11.8. The lowest BCUT2D eigenvalue weighted by Gasteiger charge is -2.11. The Morgan fingerprint density at radius 3 is 3.42 bits per heavy atom. The van der Waals surface area contributed by atoms with Gasteiger partial charge in [0, 0.05) is 18.3 Å². The predicted molar refractivity (Wildman–Crippen MR) is 47.3 cm³/mol. The summed E-state index contributed by atoms with van der Waals surface area (Å²) in [6.45, 7) is 1.54. The average Bonchev–Trinajstić information content (AvgIpc) is 2.50. The molecule has 12 heavy (non-hydrogen) atoms. The number of fused-ring (bicyclic) bond motifs is 1. The molecule has 0 unspecified atom stereocenters. The van der Waals surface area contributed by atoms with Gasteiger partial charge in [0.1, 0.15) is 5.82 Å². The van der Waals surface area contributed by atoms with Crippen LogP contribution in [0.25, 0.3) is 0 Å². The van der Waals surface area contributed by atoms with Crippen molar-refractivity contribution >= 4 is 12.2 Å². The van der Waals surface area contributed by atoms with Crippen LogP contribution in [0.1, 0.15) is 5.56 Å². The van der Waals surface area contributed by atoms with Gasteiger partial charge in [-0.25, -0.2) is 0 Å². The SMILES string of the molecule is OCCn1ccc2c1NC=NC2. The van der Waals surface area contributed by atoms with Crippen LogP contribution in [0.5, 0.6) is 0 Å². The van der Waals surface area contributed by atoms with Crippen LogP contribution in [0.15, 0.2) is 17.3 Å². The average molecular weight is 165 g/mol. The molecule has 0 aliphatic carbocycles. The maximum absolute atomic E-state index is 8.76. The first-order chi connectivity index (χ1) is 5.92. The van der Waals surface area contributed by atoms with E-state index in [9.17, 15) is 0 Å². The van der Waals surface area contributed by atoms with E-state index in [1.54, 1.807) is 6.34 Å². The Balaban J connectivity index is 2.29. The van der Waals surface area contributed by atoms with E-state index < -0.39 is 0 Å². The summed E-state index contributed by atoms with van der Waals surface area (Å²) in [6.07, 6.45) is 3.65. The number of hydrogen-bond acceptors (Lipinski definition) is 3. The summed E-state index contributed by atoms with van der Waals surface area (Å²) in [4.78, 5) is 4.08. The van der Waals surface area contributed by atoms with Crippen LogP contribution < -0.4 is 5.32 Å². The third kappa shape index (κ3) is 1.10. The number of anilines is 1. The minimum absolute atomic E-state index is 0.167. The second kappa shape index (κ2) is 2.98. The predicted octanol–water partition coefficient (Wildman–Crippen LogP) is 0.434. The van der Waals surface area contributed by atoms with Crippen molar-refractivity contribution in [3.63, 3.8) is 0 Å². The van der Waals surface area contributed by atoms with Crippen LogP contribution in [-0.4, -0.2) is 22.6 Å². The van der Waals surface area contributed by atoms with Crippen LogP contribution in [-0.2, 0) is 13.1 Å². The highest BCUT2D eigenvalue weighted by molar-refractivity contribution is 5.77. The fraction of sp³-hybridized carbons (Fsp3) is 0.375. The summed E-state index contributed by atoms with van der Waals surface area (Å²) in [6, 6.07) is 2.02. The monoisotopic (exact) mass is 165 g/mol. The molecule has 0 aromatic carbocycles. The molecule has 0 saturated heterocycles. The van der Waals surface area contributed by atoms with Crippen LogP contribution in [0.3, 0.4) is 0 Å². The third-order valence-corrected chi connectivity index (χ3v) is 1.94. The van der Waals surface area contributed by atoms with Gasteiger partial charge in [0.25, 0.3) is 0 Å². The minimum Gasteiger partial charge on any atom is -0.395 e. The molecule has 2 N–H and O–H groups in total. The Bertz CT molecular complexity index is 303. The van der Waals surface area contributed by atoms with Gasteiger partial charge in [-0.3, -0.25) is 4.99 Å². The summed E-state index contributed by atoms with van der Waals surface area (Å²) in [7, 11) is 0. The Kier molecular flexibility index (Phi) is 1.83. The van der Waals surface area contributed by atoms with Crippen LogP contribution in [0.2, 0.25) is 0 Å². The molecule has 2 heterocycles. The normalized spacial score (nSPS) is 14.1. The summed E-state index contributed by atoms with van der Waals surface area (Å²) < 4.78 is 1.99. The molecular weight excluding hydrogens is 154 g/mol. The van der Waals surface area contributed by atoms with Gasteiger partial charge in [-0.15, -0.1) is 0 Å². The smallest absolute Gasteiger partial charge is 0.116 e. The molecule has 0 bridgehead atoms. The zero-order valence-electron chi connectivity index (χ0n) is 6.70. The first-order valence-electron chi connectivity index (χ1n) is 3.95. The van der Waals surface area contributed by atoms with Gasteiger partial charge in [-0.1, -0.05) is 0 Å². The standard InChI is InChI=1S/C8H11N3O/c12-4-3-11-2-1-7-5-9-6-10-8(7)11/h1-2,6,12H,3-5H2,(H,9,10). The summed E-state index contributed by atoms with van der Waals surface area (Å²) in [5.41, 5.74) is 1.19. The molecule has 0 saturated carbocycles. The number of nitrogens with zero attached hydrogens (tertiary/aromatic N) is 2. The van der Waals surface area contributed by atoms with E-state index >= 15 is 0 Å². The zero-order chi connectivity index (χ0) is 8.39. The van der Waals surface area contributed by atoms with Crippen molar-refractivity contribution < 1.29 is 5.11 Å². The van der Waals surface area contributed by atoms with Gasteiger partial charge in [0.15, 0.2) is 0 Å². The highest BCUT2D eigenvalue weighted by Gasteiger charge is 2.09. The lowest BCUT2D eigenvalue weighted by Crippen LogP contribution is -2.10. The molecule has 1 aromatic rings. The highest BCUT2D eigenvalue weighted by Crippen LogP contribution is 2.19. The van der Waals surface area contributed by atoms with Gasteiger partial charge < -0.3 is 15.0 Å². The van der Waals surface area contributed by atoms with Gasteiger partial charge in [-0.2, -0.15) is 0 Å². The lowest BCUT2D eigenvalue weighted by atomic mass is 10.3. The topological polar surface area (TPSA) is 49.5 Å². The number of nitrogens with one attached hydrogen (secondary N) is 1. The molecule has 1 aliphatic rings. The van der Waals surface area contributed by atoms with E-state index in [0.717, 1.165) is 12.4 Å². The Labute approximate surface area is 70.5 Å². The maximum Gasteiger partial charge on any atom is 0.116 e. The Morgan fingerprint density at radius 1 is 1.67 bits per heavy atom. The van der Waals surface area contributed by atoms with E-state index in [-0.39, 0.29) is 6.61 Å². The number of rotatable bonds is 2. The van der Waals surface area contributed by atoms with E-state index in [0.29, 0.717) is 6.54 Å². The molecule has 4 nitrogen and oxygen atoms in total. The van der Waals surface area contributed by atoms with E-state index in [2.05, 4.69) is 10.3 Å². The second-order valence-electron chi connectivity index (χ2n) is 2.72. The molecule has 64 valence electrons. The molecule has 4 heteroatoms. The second-order valence-corrected chi connectivity index (χ2v) is 2.72. The molecule has 0 atom stereocenters. The number of hydrogen-bond donors (Lipinski definition) is 2. The van der Waals surface area contributed by atoms with Crippen molar-refractivity contribution in [3.8, 4) is 0 Å². The summed E-state index contributed by atoms with van der Waals surface area (Å²) >= 11 is 0. The van der Waals surface area contributed by atoms with Crippen LogP contribution in [0.4, 0.5) is 5.82 Å². The highest BCUT2D eigenvalue weighted by atomic mass is 16.3. The van der Waals surface area contributed by atoms with Gasteiger partial charge in [-0.05, 0) is 6.07 Å². The van der Waals surface area contributed by atoms with Gasteiger partial charge in [0.05, 0.1) is 19.5 Å². The fourth-order valence-corrected chi connectivity index (χ4v) is 1.37. The van der Waals surface area contributed by atoms with Crippen molar-refractivity contribution in [2.45, 2.75) is 13.1 Å². The molecule has 0 amide bonds. The zero-order valence-corrected chi connectivity index (χ0v) is 6.70. The van der Waals surface area contributed by atoms with E-state index in [1.807, 2.05) is 16.8 Å². The van der Waals surface area contributed by atoms with E-state index in [1.165, 1.54) is 5.56 Å². The number of aromatic nitrogens is 1. The third-order valence-electron chi connectivity index (χ3n) is 1.94. The summed E-state index contributed by atoms with van der Waals surface area (Å²) in [5.74, 6) is 1.05. The first-order valence-corrected chi connectivity index (χ1v) is 3.95. The molecule has 1 aliphatic heterocycles. The van der Waals surface area contributed by atoms with Crippen molar-refractivity contribution in [2.24, 2.45) is 4.99 Å². The largest absolute Gasteiger partial charge is 0.395 e. The van der Waals surface area contributed by atoms with Crippen molar-refractivity contribution in [2.75, 3.05) is 11.9 Å². The van der Waals surface area contributed by atoms with Gasteiger partial charge >= 0.3 is 0 Å². The quantitative estimate of drug-likeness (QED) is 0.667.